The molecule has 0 amide bonds. The summed E-state index contributed by atoms with van der Waals surface area (Å²) in [7, 11) is 4.32. The average Bonchev–Trinajstić information content (AvgIpc) is 2.89. The van der Waals surface area contributed by atoms with Gasteiger partial charge in [-0.1, -0.05) is 17.7 Å². The Morgan fingerprint density at radius 1 is 1.29 bits per heavy atom. The monoisotopic (exact) mass is 305 g/mol. The minimum Gasteiger partial charge on any atom is -0.361 e. The van der Waals surface area contributed by atoms with Gasteiger partial charge in [0.25, 0.3) is 0 Å². The minimum absolute atomic E-state index is 0.701. The van der Waals surface area contributed by atoms with Gasteiger partial charge in [0.1, 0.15) is 0 Å². The highest BCUT2D eigenvalue weighted by molar-refractivity contribution is 6.31. The first-order valence-electron chi connectivity index (χ1n) is 7.80. The average molecular weight is 306 g/mol. The number of nitrogens with zero attached hydrogens (tertiary/aromatic N) is 1. The van der Waals surface area contributed by atoms with E-state index in [1.807, 2.05) is 12.1 Å². The Kier molecular flexibility index (Phi) is 4.53. The Morgan fingerprint density at radius 2 is 2.05 bits per heavy atom. The van der Waals surface area contributed by atoms with Crippen LogP contribution in [0.1, 0.15) is 31.2 Å². The molecule has 114 valence electrons. The van der Waals surface area contributed by atoms with E-state index in [1.54, 1.807) is 0 Å². The van der Waals surface area contributed by atoms with Crippen LogP contribution in [0.3, 0.4) is 0 Å². The summed E-state index contributed by atoms with van der Waals surface area (Å²) in [6.07, 6.45) is 7.27. The van der Waals surface area contributed by atoms with Gasteiger partial charge in [-0.05, 0) is 57.5 Å². The summed E-state index contributed by atoms with van der Waals surface area (Å²) in [5, 5.41) is 5.48. The standard InChI is InChI=1S/C17H24ClN3/c1-19-14-4-6-15(7-5-14)21(2)11-12-10-20-17-9-13(18)3-8-16(12)17/h3,8-10,14-15,19-20H,4-7,11H2,1-2H3. The van der Waals surface area contributed by atoms with E-state index in [0.29, 0.717) is 12.1 Å². The number of fused-ring (bicyclic) bond motifs is 1. The molecule has 1 aliphatic carbocycles. The summed E-state index contributed by atoms with van der Waals surface area (Å²) in [6, 6.07) is 7.50. The summed E-state index contributed by atoms with van der Waals surface area (Å²) < 4.78 is 0. The summed E-state index contributed by atoms with van der Waals surface area (Å²) in [6.45, 7) is 0.997. The van der Waals surface area contributed by atoms with Crippen molar-refractivity contribution in [3.63, 3.8) is 0 Å². The van der Waals surface area contributed by atoms with Gasteiger partial charge in [-0.3, -0.25) is 4.90 Å². The molecule has 1 heterocycles. The predicted octanol–water partition coefficient (Wildman–Crippen LogP) is 3.78. The highest BCUT2D eigenvalue weighted by Gasteiger charge is 2.23. The first-order valence-corrected chi connectivity index (χ1v) is 8.18. The van der Waals surface area contributed by atoms with Crippen molar-refractivity contribution in [2.45, 2.75) is 44.3 Å². The molecule has 1 aromatic carbocycles. The maximum Gasteiger partial charge on any atom is 0.0472 e. The lowest BCUT2D eigenvalue weighted by Crippen LogP contribution is -2.39. The van der Waals surface area contributed by atoms with Crippen LogP contribution in [0.25, 0.3) is 10.9 Å². The number of halogens is 1. The lowest BCUT2D eigenvalue weighted by Gasteiger charge is -2.34. The van der Waals surface area contributed by atoms with Crippen molar-refractivity contribution < 1.29 is 0 Å². The third-order valence-electron chi connectivity index (χ3n) is 4.88. The van der Waals surface area contributed by atoms with Gasteiger partial charge in [0.15, 0.2) is 0 Å². The number of hydrogen-bond donors (Lipinski definition) is 2. The Morgan fingerprint density at radius 3 is 2.76 bits per heavy atom. The van der Waals surface area contributed by atoms with Crippen LogP contribution in [0, 0.1) is 0 Å². The minimum atomic E-state index is 0.701. The van der Waals surface area contributed by atoms with Crippen LogP contribution >= 0.6 is 11.6 Å². The lowest BCUT2D eigenvalue weighted by molar-refractivity contribution is 0.170. The second kappa shape index (κ2) is 6.39. The maximum absolute atomic E-state index is 6.05. The number of nitrogens with one attached hydrogen (secondary N) is 2. The van der Waals surface area contributed by atoms with Crippen LogP contribution in [0.4, 0.5) is 0 Å². The van der Waals surface area contributed by atoms with E-state index in [0.717, 1.165) is 17.1 Å². The topological polar surface area (TPSA) is 31.1 Å². The fraction of sp³-hybridized carbons (Fsp3) is 0.529. The summed E-state index contributed by atoms with van der Waals surface area (Å²) >= 11 is 6.05. The van der Waals surface area contributed by atoms with Crippen LogP contribution in [0.2, 0.25) is 5.02 Å². The maximum atomic E-state index is 6.05. The largest absolute Gasteiger partial charge is 0.361 e. The Labute approximate surface area is 131 Å². The fourth-order valence-corrected chi connectivity index (χ4v) is 3.66. The number of hydrogen-bond acceptors (Lipinski definition) is 2. The molecule has 0 saturated heterocycles. The van der Waals surface area contributed by atoms with E-state index in [-0.39, 0.29) is 0 Å². The first kappa shape index (κ1) is 14.9. The van der Waals surface area contributed by atoms with Gasteiger partial charge in [0.05, 0.1) is 0 Å². The third kappa shape index (κ3) is 3.25. The van der Waals surface area contributed by atoms with Crippen molar-refractivity contribution in [2.75, 3.05) is 14.1 Å². The second-order valence-corrected chi connectivity index (χ2v) is 6.65. The number of rotatable bonds is 4. The summed E-state index contributed by atoms with van der Waals surface area (Å²) in [4.78, 5) is 5.84. The van der Waals surface area contributed by atoms with E-state index in [1.165, 1.54) is 36.6 Å². The van der Waals surface area contributed by atoms with E-state index in [2.05, 4.69) is 41.6 Å². The number of benzene rings is 1. The van der Waals surface area contributed by atoms with Crippen molar-refractivity contribution in [3.8, 4) is 0 Å². The van der Waals surface area contributed by atoms with Gasteiger partial charge < -0.3 is 10.3 Å². The van der Waals surface area contributed by atoms with Gasteiger partial charge in [0.2, 0.25) is 0 Å². The molecule has 1 saturated carbocycles. The van der Waals surface area contributed by atoms with Gasteiger partial charge >= 0.3 is 0 Å². The fourth-order valence-electron chi connectivity index (χ4n) is 3.49. The molecular formula is C17H24ClN3. The SMILES string of the molecule is CNC1CCC(N(C)Cc2c[nH]c3cc(Cl)ccc23)CC1. The second-order valence-electron chi connectivity index (χ2n) is 6.21. The van der Waals surface area contributed by atoms with Crippen LogP contribution in [0.15, 0.2) is 24.4 Å². The Hall–Kier alpha value is -1.03. The molecule has 3 nitrogen and oxygen atoms in total. The molecule has 4 heteroatoms. The molecule has 0 aliphatic heterocycles. The van der Waals surface area contributed by atoms with Crippen molar-refractivity contribution >= 4 is 22.5 Å². The summed E-state index contributed by atoms with van der Waals surface area (Å²) in [5.74, 6) is 0. The predicted molar refractivity (Wildman–Crippen MR) is 89.9 cm³/mol. The van der Waals surface area contributed by atoms with Crippen LogP contribution in [-0.4, -0.2) is 36.1 Å². The lowest BCUT2D eigenvalue weighted by atomic mass is 9.90. The van der Waals surface area contributed by atoms with E-state index >= 15 is 0 Å². The Balaban J connectivity index is 1.67. The molecule has 2 aromatic rings. The van der Waals surface area contributed by atoms with Gasteiger partial charge in [0, 0.05) is 40.8 Å². The number of H-pyrrole nitrogens is 1. The highest BCUT2D eigenvalue weighted by Crippen LogP contribution is 2.26. The van der Waals surface area contributed by atoms with Crippen LogP contribution in [-0.2, 0) is 6.54 Å². The van der Waals surface area contributed by atoms with Crippen molar-refractivity contribution in [2.24, 2.45) is 0 Å². The van der Waals surface area contributed by atoms with Crippen molar-refractivity contribution in [1.82, 2.24) is 15.2 Å². The zero-order valence-corrected chi connectivity index (χ0v) is 13.6. The van der Waals surface area contributed by atoms with Crippen LogP contribution < -0.4 is 5.32 Å². The number of aromatic amines is 1. The van der Waals surface area contributed by atoms with Crippen LogP contribution in [0.5, 0.6) is 0 Å². The molecular weight excluding hydrogens is 282 g/mol. The molecule has 0 bridgehead atoms. The van der Waals surface area contributed by atoms with Crippen molar-refractivity contribution in [1.29, 1.82) is 0 Å². The van der Waals surface area contributed by atoms with E-state index in [9.17, 15) is 0 Å². The molecule has 3 rings (SSSR count). The molecule has 0 atom stereocenters. The third-order valence-corrected chi connectivity index (χ3v) is 5.11. The molecule has 0 radical (unpaired) electrons. The smallest absolute Gasteiger partial charge is 0.0472 e. The van der Waals surface area contributed by atoms with E-state index < -0.39 is 0 Å². The zero-order valence-electron chi connectivity index (χ0n) is 12.8. The molecule has 1 aromatic heterocycles. The van der Waals surface area contributed by atoms with Crippen molar-refractivity contribution in [3.05, 3.63) is 35.0 Å². The quantitative estimate of drug-likeness (QED) is 0.900. The normalized spacial score (nSPS) is 23.0. The molecule has 1 aliphatic rings. The van der Waals surface area contributed by atoms with Gasteiger partial charge in [-0.2, -0.15) is 0 Å². The summed E-state index contributed by atoms with van der Waals surface area (Å²) in [5.41, 5.74) is 2.49. The van der Waals surface area contributed by atoms with E-state index in [4.69, 9.17) is 11.6 Å². The molecule has 1 fully saturated rings. The first-order chi connectivity index (χ1) is 10.2. The molecule has 21 heavy (non-hydrogen) atoms. The van der Waals surface area contributed by atoms with Gasteiger partial charge in [-0.15, -0.1) is 0 Å². The zero-order chi connectivity index (χ0) is 14.8. The highest BCUT2D eigenvalue weighted by atomic mass is 35.5. The molecule has 0 unspecified atom stereocenters. The molecule has 2 N–H and O–H groups in total. The number of aromatic nitrogens is 1. The van der Waals surface area contributed by atoms with Gasteiger partial charge in [-0.25, -0.2) is 0 Å². The Bertz CT molecular complexity index is 599. The molecule has 0 spiro atoms.